The zero-order chi connectivity index (χ0) is 18.1. The Balaban J connectivity index is 0.00000338. The van der Waals surface area contributed by atoms with Crippen LogP contribution in [0.5, 0.6) is 5.75 Å². The highest BCUT2D eigenvalue weighted by molar-refractivity contribution is 14.0. The Morgan fingerprint density at radius 1 is 1.31 bits per heavy atom. The molecule has 0 bridgehead atoms. The summed E-state index contributed by atoms with van der Waals surface area (Å²) in [7, 11) is 3.76. The molecule has 1 aromatic rings. The first-order valence-electron chi connectivity index (χ1n) is 9.08. The first-order chi connectivity index (χ1) is 12.1. The third kappa shape index (κ3) is 7.28. The topological polar surface area (TPSA) is 49.3 Å². The summed E-state index contributed by atoms with van der Waals surface area (Å²) in [5, 5.41) is 3.39. The van der Waals surface area contributed by atoms with E-state index in [1.807, 2.05) is 12.1 Å². The molecule has 1 atom stereocenters. The molecule has 1 unspecified atom stereocenters. The number of aliphatic imine (C=N–C) groups is 1. The highest BCUT2D eigenvalue weighted by Crippen LogP contribution is 2.12. The van der Waals surface area contributed by atoms with Crippen LogP contribution in [0, 0.1) is 0 Å². The number of methoxy groups -OCH3 is 1. The molecule has 1 fully saturated rings. The van der Waals surface area contributed by atoms with Crippen LogP contribution in [-0.4, -0.2) is 75.4 Å². The molecule has 0 radical (unpaired) electrons. The van der Waals surface area contributed by atoms with Crippen molar-refractivity contribution in [2.24, 2.45) is 4.99 Å². The van der Waals surface area contributed by atoms with Gasteiger partial charge >= 0.3 is 0 Å². The molecule has 6 nitrogen and oxygen atoms in total. The van der Waals surface area contributed by atoms with Crippen molar-refractivity contribution in [1.82, 2.24) is 15.1 Å². The molecule has 148 valence electrons. The van der Waals surface area contributed by atoms with Gasteiger partial charge in [0.25, 0.3) is 0 Å². The molecule has 2 rings (SSSR count). The van der Waals surface area contributed by atoms with Crippen molar-refractivity contribution in [3.8, 4) is 5.75 Å². The minimum absolute atomic E-state index is 0. The van der Waals surface area contributed by atoms with E-state index < -0.39 is 0 Å². The second-order valence-corrected chi connectivity index (χ2v) is 6.40. The van der Waals surface area contributed by atoms with Crippen molar-refractivity contribution in [2.45, 2.75) is 26.4 Å². The number of halogens is 1. The third-order valence-electron chi connectivity index (χ3n) is 4.45. The summed E-state index contributed by atoms with van der Waals surface area (Å²) in [5.41, 5.74) is 1.23. The van der Waals surface area contributed by atoms with E-state index >= 15 is 0 Å². The summed E-state index contributed by atoms with van der Waals surface area (Å²) in [4.78, 5) is 9.45. The molecule has 0 saturated carbocycles. The summed E-state index contributed by atoms with van der Waals surface area (Å²) in [6.07, 6.45) is 0. The van der Waals surface area contributed by atoms with Crippen LogP contribution >= 0.6 is 24.0 Å². The van der Waals surface area contributed by atoms with Crippen LogP contribution in [0.4, 0.5) is 0 Å². The number of hydrogen-bond donors (Lipinski definition) is 1. The van der Waals surface area contributed by atoms with Gasteiger partial charge < -0.3 is 19.7 Å². The standard InChI is InChI=1S/C19H32N4O2.HI/c1-5-20-19(21-14-16(2)23-10-12-25-13-11-23)22(3)15-17-6-8-18(24-4)9-7-17;/h6-9,16H,5,10-15H2,1-4H3,(H,20,21);1H. The highest BCUT2D eigenvalue weighted by atomic mass is 127. The van der Waals surface area contributed by atoms with Gasteiger partial charge in [-0.25, -0.2) is 0 Å². The molecule has 1 N–H and O–H groups in total. The highest BCUT2D eigenvalue weighted by Gasteiger charge is 2.17. The van der Waals surface area contributed by atoms with E-state index in [1.165, 1.54) is 5.56 Å². The van der Waals surface area contributed by atoms with E-state index in [2.05, 4.69) is 48.1 Å². The predicted octanol–water partition coefficient (Wildman–Crippen LogP) is 2.43. The smallest absolute Gasteiger partial charge is 0.194 e. The van der Waals surface area contributed by atoms with Crippen LogP contribution in [0.25, 0.3) is 0 Å². The average molecular weight is 476 g/mol. The molecular formula is C19H33IN4O2. The van der Waals surface area contributed by atoms with Crippen molar-refractivity contribution in [3.05, 3.63) is 29.8 Å². The molecule has 0 amide bonds. The van der Waals surface area contributed by atoms with Gasteiger partial charge in [0.2, 0.25) is 0 Å². The van der Waals surface area contributed by atoms with Gasteiger partial charge in [0, 0.05) is 39.3 Å². The number of ether oxygens (including phenoxy) is 2. The van der Waals surface area contributed by atoms with Crippen LogP contribution in [0.15, 0.2) is 29.3 Å². The van der Waals surface area contributed by atoms with Gasteiger partial charge in [0.15, 0.2) is 5.96 Å². The second kappa shape index (κ2) is 12.3. The van der Waals surface area contributed by atoms with E-state index in [0.717, 1.165) is 57.6 Å². The van der Waals surface area contributed by atoms with E-state index in [9.17, 15) is 0 Å². The van der Waals surface area contributed by atoms with Gasteiger partial charge in [-0.05, 0) is 31.5 Å². The van der Waals surface area contributed by atoms with Crippen LogP contribution in [-0.2, 0) is 11.3 Å². The Morgan fingerprint density at radius 3 is 2.54 bits per heavy atom. The zero-order valence-electron chi connectivity index (χ0n) is 16.4. The summed E-state index contributed by atoms with van der Waals surface area (Å²) in [6, 6.07) is 8.60. The van der Waals surface area contributed by atoms with E-state index in [0.29, 0.717) is 6.04 Å². The first-order valence-corrected chi connectivity index (χ1v) is 9.08. The molecule has 0 aliphatic carbocycles. The quantitative estimate of drug-likeness (QED) is 0.372. The minimum atomic E-state index is 0. The molecule has 1 heterocycles. The first kappa shape index (κ1) is 23.0. The minimum Gasteiger partial charge on any atom is -0.497 e. The SMILES string of the molecule is CCNC(=NCC(C)N1CCOCC1)N(C)Cc1ccc(OC)cc1.I. The maximum atomic E-state index is 5.43. The fourth-order valence-electron chi connectivity index (χ4n) is 2.90. The van der Waals surface area contributed by atoms with Gasteiger partial charge in [-0.15, -0.1) is 24.0 Å². The van der Waals surface area contributed by atoms with Gasteiger partial charge in [-0.3, -0.25) is 9.89 Å². The molecule has 0 aromatic heterocycles. The number of guanidine groups is 1. The molecule has 7 heteroatoms. The lowest BCUT2D eigenvalue weighted by Gasteiger charge is -2.32. The molecule has 26 heavy (non-hydrogen) atoms. The van der Waals surface area contributed by atoms with Gasteiger partial charge in [-0.1, -0.05) is 12.1 Å². The van der Waals surface area contributed by atoms with Crippen molar-refractivity contribution < 1.29 is 9.47 Å². The fourth-order valence-corrected chi connectivity index (χ4v) is 2.90. The van der Waals surface area contributed by atoms with E-state index in [-0.39, 0.29) is 24.0 Å². The van der Waals surface area contributed by atoms with Crippen molar-refractivity contribution in [1.29, 1.82) is 0 Å². The lowest BCUT2D eigenvalue weighted by atomic mass is 10.2. The lowest BCUT2D eigenvalue weighted by Crippen LogP contribution is -2.44. The van der Waals surface area contributed by atoms with E-state index in [4.69, 9.17) is 14.5 Å². The molecule has 1 aliphatic heterocycles. The maximum absolute atomic E-state index is 5.43. The number of nitrogens with one attached hydrogen (secondary N) is 1. The zero-order valence-corrected chi connectivity index (χ0v) is 18.7. The normalized spacial score (nSPS) is 16.5. The Hall–Kier alpha value is -1.06. The average Bonchev–Trinajstić information content (AvgIpc) is 2.66. The van der Waals surface area contributed by atoms with E-state index in [1.54, 1.807) is 7.11 Å². The van der Waals surface area contributed by atoms with Gasteiger partial charge in [0.05, 0.1) is 26.9 Å². The number of nitrogens with zero attached hydrogens (tertiary/aromatic N) is 3. The second-order valence-electron chi connectivity index (χ2n) is 6.40. The summed E-state index contributed by atoms with van der Waals surface area (Å²) in [6.45, 7) is 10.4. The van der Waals surface area contributed by atoms with Gasteiger partial charge in [0.1, 0.15) is 5.75 Å². The van der Waals surface area contributed by atoms with Crippen LogP contribution in [0.2, 0.25) is 0 Å². The molecule has 1 aliphatic rings. The van der Waals surface area contributed by atoms with Crippen molar-refractivity contribution >= 4 is 29.9 Å². The maximum Gasteiger partial charge on any atom is 0.194 e. The van der Waals surface area contributed by atoms with Crippen molar-refractivity contribution in [2.75, 3.05) is 53.6 Å². The fraction of sp³-hybridized carbons (Fsp3) is 0.632. The Morgan fingerprint density at radius 2 is 1.96 bits per heavy atom. The predicted molar refractivity (Wildman–Crippen MR) is 118 cm³/mol. The molecule has 1 saturated heterocycles. The number of hydrogen-bond acceptors (Lipinski definition) is 4. The van der Waals surface area contributed by atoms with Crippen LogP contribution < -0.4 is 10.1 Å². The van der Waals surface area contributed by atoms with Crippen molar-refractivity contribution in [3.63, 3.8) is 0 Å². The molecule has 1 aromatic carbocycles. The summed E-state index contributed by atoms with van der Waals surface area (Å²) < 4.78 is 10.6. The Bertz CT molecular complexity index is 533. The molecule has 0 spiro atoms. The van der Waals surface area contributed by atoms with Crippen LogP contribution in [0.1, 0.15) is 19.4 Å². The summed E-state index contributed by atoms with van der Waals surface area (Å²) in [5.74, 6) is 1.82. The number of rotatable bonds is 7. The summed E-state index contributed by atoms with van der Waals surface area (Å²) >= 11 is 0. The Labute approximate surface area is 175 Å². The lowest BCUT2D eigenvalue weighted by molar-refractivity contribution is 0.0220. The number of benzene rings is 1. The monoisotopic (exact) mass is 476 g/mol. The Kier molecular flexibility index (Phi) is 10.9. The van der Waals surface area contributed by atoms with Gasteiger partial charge in [-0.2, -0.15) is 0 Å². The largest absolute Gasteiger partial charge is 0.497 e. The third-order valence-corrected chi connectivity index (χ3v) is 4.45. The number of morpholine rings is 1. The van der Waals surface area contributed by atoms with Crippen LogP contribution in [0.3, 0.4) is 0 Å². The molecular weight excluding hydrogens is 443 g/mol.